The second kappa shape index (κ2) is 6.39. The molecule has 0 unspecified atom stereocenters. The van der Waals surface area contributed by atoms with Gasteiger partial charge in [0, 0.05) is 0 Å². The van der Waals surface area contributed by atoms with Gasteiger partial charge >= 0.3 is 0 Å². The van der Waals surface area contributed by atoms with Crippen molar-refractivity contribution in [2.45, 2.75) is 18.0 Å². The maximum Gasteiger partial charge on any atom is 0.246 e. The summed E-state index contributed by atoms with van der Waals surface area (Å²) in [4.78, 5) is -0.377. The maximum absolute atomic E-state index is 14.0. The van der Waals surface area contributed by atoms with Crippen LogP contribution in [0, 0.1) is 5.82 Å². The summed E-state index contributed by atoms with van der Waals surface area (Å²) in [5.41, 5.74) is 0. The predicted molar refractivity (Wildman–Crippen MR) is 80.2 cm³/mol. The van der Waals surface area contributed by atoms with Gasteiger partial charge in [-0.1, -0.05) is 12.1 Å². The van der Waals surface area contributed by atoms with E-state index in [0.717, 1.165) is 10.4 Å². The maximum atomic E-state index is 14.0. The fourth-order valence-corrected chi connectivity index (χ4v) is 3.61. The van der Waals surface area contributed by atoms with Crippen LogP contribution in [0.25, 0.3) is 0 Å². The van der Waals surface area contributed by atoms with E-state index in [1.165, 1.54) is 30.7 Å². The van der Waals surface area contributed by atoms with Crippen molar-refractivity contribution in [3.8, 4) is 0 Å². The Kier molecular flexibility index (Phi) is 4.31. The average molecular weight is 335 g/mol. The van der Waals surface area contributed by atoms with Crippen molar-refractivity contribution in [2.75, 3.05) is 0 Å². The number of hydrogen-bond donors (Lipinski definition) is 0. The van der Waals surface area contributed by atoms with E-state index in [1.807, 2.05) is 0 Å². The molecule has 7 heteroatoms. The highest BCUT2D eigenvalue weighted by Gasteiger charge is 2.29. The highest BCUT2D eigenvalue weighted by Crippen LogP contribution is 2.23. The molecule has 2 aromatic heterocycles. The molecule has 0 N–H and O–H groups in total. The molecule has 23 heavy (non-hydrogen) atoms. The molecule has 2 heterocycles. The molecule has 0 aliphatic heterocycles. The molecule has 5 nitrogen and oxygen atoms in total. The molecule has 3 rings (SSSR count). The first-order valence-corrected chi connectivity index (χ1v) is 8.31. The number of halogens is 1. The van der Waals surface area contributed by atoms with Gasteiger partial charge in [-0.2, -0.15) is 4.31 Å². The Hall–Kier alpha value is -2.38. The average Bonchev–Trinajstić information content (AvgIpc) is 3.20. The summed E-state index contributed by atoms with van der Waals surface area (Å²) in [5.74, 6) is 0.115. The number of hydrogen-bond acceptors (Lipinski definition) is 4. The Morgan fingerprint density at radius 3 is 1.91 bits per heavy atom. The molecule has 0 atom stereocenters. The summed E-state index contributed by atoms with van der Waals surface area (Å²) < 4.78 is 51.1. The third-order valence-corrected chi connectivity index (χ3v) is 5.10. The number of sulfonamides is 1. The molecule has 0 spiro atoms. The van der Waals surface area contributed by atoms with Crippen molar-refractivity contribution >= 4 is 10.0 Å². The number of nitrogens with zero attached hydrogens (tertiary/aromatic N) is 1. The van der Waals surface area contributed by atoms with Crippen LogP contribution in [0.2, 0.25) is 0 Å². The van der Waals surface area contributed by atoms with Gasteiger partial charge in [-0.25, -0.2) is 12.8 Å². The lowest BCUT2D eigenvalue weighted by Gasteiger charge is -2.20. The normalized spacial score (nSPS) is 11.9. The van der Waals surface area contributed by atoms with Crippen LogP contribution in [-0.4, -0.2) is 12.7 Å². The van der Waals surface area contributed by atoms with Gasteiger partial charge in [0.05, 0.1) is 25.6 Å². The Morgan fingerprint density at radius 2 is 1.43 bits per heavy atom. The molecule has 0 radical (unpaired) electrons. The lowest BCUT2D eigenvalue weighted by atomic mass is 10.3. The van der Waals surface area contributed by atoms with Crippen molar-refractivity contribution in [1.29, 1.82) is 0 Å². The van der Waals surface area contributed by atoms with Gasteiger partial charge in [-0.15, -0.1) is 0 Å². The first kappa shape index (κ1) is 15.5. The SMILES string of the molecule is O=S(=O)(c1ccccc1F)N(Cc1ccco1)Cc1ccco1. The summed E-state index contributed by atoms with van der Waals surface area (Å²) in [6, 6.07) is 11.9. The largest absolute Gasteiger partial charge is 0.468 e. The van der Waals surface area contributed by atoms with Gasteiger partial charge in [0.2, 0.25) is 10.0 Å². The quantitative estimate of drug-likeness (QED) is 0.692. The van der Waals surface area contributed by atoms with Crippen LogP contribution in [0.1, 0.15) is 11.5 Å². The van der Waals surface area contributed by atoms with E-state index in [2.05, 4.69) is 0 Å². The molecule has 0 amide bonds. The van der Waals surface area contributed by atoms with Crippen molar-refractivity contribution in [3.63, 3.8) is 0 Å². The lowest BCUT2D eigenvalue weighted by Crippen LogP contribution is -2.30. The molecular weight excluding hydrogens is 321 g/mol. The van der Waals surface area contributed by atoms with Crippen molar-refractivity contribution in [3.05, 3.63) is 78.4 Å². The Labute approximate surface area is 133 Å². The van der Waals surface area contributed by atoms with E-state index in [4.69, 9.17) is 8.83 Å². The van der Waals surface area contributed by atoms with Crippen LogP contribution in [0.5, 0.6) is 0 Å². The summed E-state index contributed by atoms with van der Waals surface area (Å²) in [5, 5.41) is 0. The second-order valence-electron chi connectivity index (χ2n) is 4.86. The van der Waals surface area contributed by atoms with Gasteiger partial charge in [-0.3, -0.25) is 0 Å². The zero-order valence-corrected chi connectivity index (χ0v) is 12.9. The van der Waals surface area contributed by atoms with Crippen LogP contribution in [-0.2, 0) is 23.1 Å². The van der Waals surface area contributed by atoms with E-state index in [0.29, 0.717) is 11.5 Å². The van der Waals surface area contributed by atoms with E-state index in [1.54, 1.807) is 24.3 Å². The van der Waals surface area contributed by atoms with Crippen LogP contribution in [0.3, 0.4) is 0 Å². The standard InChI is InChI=1S/C16H14FNO4S/c17-15-7-1-2-8-16(15)23(19,20)18(11-13-5-3-9-21-13)12-14-6-4-10-22-14/h1-10H,11-12H2. The van der Waals surface area contributed by atoms with Gasteiger partial charge in [-0.05, 0) is 36.4 Å². The van der Waals surface area contributed by atoms with Crippen molar-refractivity contribution in [1.82, 2.24) is 4.31 Å². The van der Waals surface area contributed by atoms with Gasteiger partial charge < -0.3 is 8.83 Å². The molecule has 120 valence electrons. The molecule has 1 aromatic carbocycles. The summed E-state index contributed by atoms with van der Waals surface area (Å²) in [6.07, 6.45) is 2.91. The fraction of sp³-hybridized carbons (Fsp3) is 0.125. The molecule has 0 bridgehead atoms. The summed E-state index contributed by atoms with van der Waals surface area (Å²) in [6.45, 7) is -0.0469. The Bertz CT molecular complexity index is 821. The molecular formula is C16H14FNO4S. The highest BCUT2D eigenvalue weighted by molar-refractivity contribution is 7.89. The molecule has 0 aliphatic rings. The third-order valence-electron chi connectivity index (χ3n) is 3.28. The fourth-order valence-electron chi connectivity index (χ4n) is 2.17. The van der Waals surface area contributed by atoms with Crippen molar-refractivity contribution in [2.24, 2.45) is 0 Å². The number of rotatable bonds is 6. The van der Waals surface area contributed by atoms with Gasteiger partial charge in [0.1, 0.15) is 22.2 Å². The minimum absolute atomic E-state index is 0.0234. The van der Waals surface area contributed by atoms with Crippen LogP contribution in [0.4, 0.5) is 4.39 Å². The molecule has 0 fully saturated rings. The van der Waals surface area contributed by atoms with E-state index >= 15 is 0 Å². The van der Waals surface area contributed by atoms with Crippen LogP contribution >= 0.6 is 0 Å². The third kappa shape index (κ3) is 3.35. The minimum Gasteiger partial charge on any atom is -0.468 e. The summed E-state index contributed by atoms with van der Waals surface area (Å²) in [7, 11) is -4.05. The van der Waals surface area contributed by atoms with Crippen LogP contribution < -0.4 is 0 Å². The van der Waals surface area contributed by atoms with Crippen molar-refractivity contribution < 1.29 is 21.6 Å². The smallest absolute Gasteiger partial charge is 0.246 e. The monoisotopic (exact) mass is 335 g/mol. The molecule has 3 aromatic rings. The van der Waals surface area contributed by atoms with E-state index < -0.39 is 15.8 Å². The van der Waals surface area contributed by atoms with Gasteiger partial charge in [0.15, 0.2) is 0 Å². The molecule has 0 saturated heterocycles. The number of furan rings is 2. The molecule has 0 aliphatic carbocycles. The second-order valence-corrected chi connectivity index (χ2v) is 6.77. The van der Waals surface area contributed by atoms with Gasteiger partial charge in [0.25, 0.3) is 0 Å². The Morgan fingerprint density at radius 1 is 0.870 bits per heavy atom. The predicted octanol–water partition coefficient (Wildman–Crippen LogP) is 3.40. The van der Waals surface area contributed by atoms with Crippen LogP contribution in [0.15, 0.2) is 74.8 Å². The lowest BCUT2D eigenvalue weighted by molar-refractivity contribution is 0.329. The zero-order valence-electron chi connectivity index (χ0n) is 12.1. The zero-order chi connectivity index (χ0) is 16.3. The summed E-state index contributed by atoms with van der Waals surface area (Å²) >= 11 is 0. The molecule has 0 saturated carbocycles. The van der Waals surface area contributed by atoms with E-state index in [9.17, 15) is 12.8 Å². The Balaban J connectivity index is 1.98. The first-order chi connectivity index (χ1) is 11.1. The van der Waals surface area contributed by atoms with E-state index in [-0.39, 0.29) is 18.0 Å². The minimum atomic E-state index is -4.05. The number of benzene rings is 1. The topological polar surface area (TPSA) is 63.7 Å². The first-order valence-electron chi connectivity index (χ1n) is 6.87. The highest BCUT2D eigenvalue weighted by atomic mass is 32.2.